The van der Waals surface area contributed by atoms with Gasteiger partial charge in [-0.25, -0.2) is 9.13 Å². The molecule has 5 atom stereocenters. The first-order chi connectivity index (χ1) is 47.9. The predicted octanol–water partition coefficient (Wildman–Crippen LogP) is 23.9. The molecule has 17 nitrogen and oxygen atoms in total. The van der Waals surface area contributed by atoms with Gasteiger partial charge in [0.1, 0.15) is 19.3 Å². The van der Waals surface area contributed by atoms with E-state index >= 15 is 0 Å². The Kier molecular flexibility index (Phi) is 70.3. The summed E-state index contributed by atoms with van der Waals surface area (Å²) >= 11 is 0. The summed E-state index contributed by atoms with van der Waals surface area (Å²) in [6, 6.07) is 0. The molecule has 0 saturated carbocycles. The molecule has 3 N–H and O–H groups in total. The van der Waals surface area contributed by atoms with Crippen LogP contribution in [0.25, 0.3) is 0 Å². The summed E-state index contributed by atoms with van der Waals surface area (Å²) in [6.45, 7) is 9.57. The van der Waals surface area contributed by atoms with Crippen LogP contribution in [0.4, 0.5) is 0 Å². The summed E-state index contributed by atoms with van der Waals surface area (Å²) in [6.07, 6.45) is 61.6. The van der Waals surface area contributed by atoms with E-state index in [4.69, 9.17) is 37.0 Å². The average Bonchev–Trinajstić information content (AvgIpc) is 2.26. The number of phosphoric ester groups is 2. The normalized spacial score (nSPS) is 13.9. The molecule has 0 aliphatic carbocycles. The monoisotopic (exact) mass is 1450 g/mol. The Balaban J connectivity index is 5.12. The van der Waals surface area contributed by atoms with Crippen molar-refractivity contribution in [3.05, 3.63) is 0 Å². The lowest BCUT2D eigenvalue weighted by Crippen LogP contribution is -2.30. The van der Waals surface area contributed by atoms with Crippen molar-refractivity contribution in [2.75, 3.05) is 39.6 Å². The van der Waals surface area contributed by atoms with Crippen LogP contribution >= 0.6 is 15.6 Å². The number of ether oxygens (including phenoxy) is 4. The van der Waals surface area contributed by atoms with Crippen LogP contribution in [0.15, 0.2) is 0 Å². The third-order valence-corrected chi connectivity index (χ3v) is 20.6. The second-order valence-corrected chi connectivity index (χ2v) is 32.7. The van der Waals surface area contributed by atoms with Crippen molar-refractivity contribution < 1.29 is 80.2 Å². The van der Waals surface area contributed by atoms with E-state index in [0.29, 0.717) is 25.7 Å². The van der Waals surface area contributed by atoms with Gasteiger partial charge in [0.15, 0.2) is 12.2 Å². The minimum Gasteiger partial charge on any atom is -0.462 e. The quantitative estimate of drug-likeness (QED) is 0.0222. The number of carbonyl (C=O) groups excluding carboxylic acids is 4. The molecule has 2 unspecified atom stereocenters. The SMILES string of the molecule is CCCCCCCCCCCCCCCCCCCCCCCC(=O)O[C@H](COC(=O)CCCCCCCCCCCCCCCCCC(C)C)COP(=O)(O)OC[C@@H](O)COP(=O)(O)OC[C@@H](COC(=O)CCCCCCC)OC(=O)CCCCCCCCCCCCCCC(C)C. The van der Waals surface area contributed by atoms with Crippen molar-refractivity contribution in [2.24, 2.45) is 11.8 Å². The molecule has 0 radical (unpaired) electrons. The van der Waals surface area contributed by atoms with Gasteiger partial charge in [-0.1, -0.05) is 369 Å². The first kappa shape index (κ1) is 97.1. The van der Waals surface area contributed by atoms with E-state index in [1.807, 2.05) is 0 Å². The molecule has 0 saturated heterocycles. The number of rotatable bonds is 79. The van der Waals surface area contributed by atoms with E-state index in [1.165, 1.54) is 231 Å². The third-order valence-electron chi connectivity index (χ3n) is 18.7. The van der Waals surface area contributed by atoms with Crippen molar-refractivity contribution in [2.45, 2.75) is 439 Å². The topological polar surface area (TPSA) is 237 Å². The van der Waals surface area contributed by atoms with E-state index in [9.17, 15) is 43.2 Å². The molecule has 0 fully saturated rings. The minimum atomic E-state index is -4.96. The van der Waals surface area contributed by atoms with Crippen LogP contribution in [0.3, 0.4) is 0 Å². The lowest BCUT2D eigenvalue weighted by Gasteiger charge is -2.21. The minimum absolute atomic E-state index is 0.106. The van der Waals surface area contributed by atoms with Crippen LogP contribution in [-0.4, -0.2) is 96.7 Å². The Hall–Kier alpha value is -1.94. The van der Waals surface area contributed by atoms with Gasteiger partial charge in [0, 0.05) is 25.7 Å². The zero-order valence-electron chi connectivity index (χ0n) is 64.8. The number of carbonyl (C=O) groups is 4. The number of hydrogen-bond acceptors (Lipinski definition) is 15. The molecular weight excluding hydrogens is 1290 g/mol. The van der Waals surface area contributed by atoms with Gasteiger partial charge in [0.05, 0.1) is 26.4 Å². The summed E-state index contributed by atoms with van der Waals surface area (Å²) in [7, 11) is -9.91. The maximum Gasteiger partial charge on any atom is 0.472 e. The Morgan fingerprint density at radius 2 is 0.465 bits per heavy atom. The van der Waals surface area contributed by atoms with Crippen LogP contribution in [0, 0.1) is 11.8 Å². The predicted molar refractivity (Wildman–Crippen MR) is 405 cm³/mol. The van der Waals surface area contributed by atoms with E-state index < -0.39 is 97.5 Å². The fourth-order valence-corrected chi connectivity index (χ4v) is 13.9. The van der Waals surface area contributed by atoms with Gasteiger partial charge in [-0.05, 0) is 37.5 Å². The van der Waals surface area contributed by atoms with Gasteiger partial charge >= 0.3 is 39.5 Å². The second kappa shape index (κ2) is 71.7. The van der Waals surface area contributed by atoms with Crippen molar-refractivity contribution in [1.29, 1.82) is 0 Å². The second-order valence-electron chi connectivity index (χ2n) is 29.8. The zero-order valence-corrected chi connectivity index (χ0v) is 66.6. The molecule has 588 valence electrons. The first-order valence-corrected chi connectivity index (χ1v) is 44.5. The lowest BCUT2D eigenvalue weighted by molar-refractivity contribution is -0.161. The molecule has 0 aromatic rings. The molecule has 0 heterocycles. The number of phosphoric acid groups is 2. The third kappa shape index (κ3) is 74.1. The molecular formula is C80H156O17P2. The molecule has 0 aliphatic rings. The van der Waals surface area contributed by atoms with Crippen LogP contribution in [0.1, 0.15) is 420 Å². The first-order valence-electron chi connectivity index (χ1n) is 41.5. The highest BCUT2D eigenvalue weighted by Crippen LogP contribution is 2.45. The smallest absolute Gasteiger partial charge is 0.462 e. The van der Waals surface area contributed by atoms with Gasteiger partial charge in [-0.15, -0.1) is 0 Å². The molecule has 0 aromatic heterocycles. The molecule has 0 aliphatic heterocycles. The number of aliphatic hydroxyl groups excluding tert-OH is 1. The summed E-state index contributed by atoms with van der Waals surface area (Å²) in [5, 5.41) is 10.6. The van der Waals surface area contributed by atoms with Crippen LogP contribution in [0.2, 0.25) is 0 Å². The van der Waals surface area contributed by atoms with Crippen molar-refractivity contribution >= 4 is 39.5 Å². The van der Waals surface area contributed by atoms with Crippen LogP contribution in [-0.2, 0) is 65.4 Å². The molecule has 0 spiro atoms. The Bertz CT molecular complexity index is 1910. The van der Waals surface area contributed by atoms with Crippen LogP contribution < -0.4 is 0 Å². The van der Waals surface area contributed by atoms with E-state index in [-0.39, 0.29) is 25.7 Å². The highest BCUT2D eigenvalue weighted by atomic mass is 31.2. The van der Waals surface area contributed by atoms with Crippen LogP contribution in [0.5, 0.6) is 0 Å². The maximum atomic E-state index is 13.1. The molecule has 99 heavy (non-hydrogen) atoms. The molecule has 0 bridgehead atoms. The van der Waals surface area contributed by atoms with E-state index in [2.05, 4.69) is 41.5 Å². The Morgan fingerprint density at radius 1 is 0.273 bits per heavy atom. The van der Waals surface area contributed by atoms with Gasteiger partial charge in [-0.2, -0.15) is 0 Å². The summed E-state index contributed by atoms with van der Waals surface area (Å²) in [4.78, 5) is 72.7. The fourth-order valence-electron chi connectivity index (χ4n) is 12.4. The highest BCUT2D eigenvalue weighted by molar-refractivity contribution is 7.47. The van der Waals surface area contributed by atoms with Gasteiger partial charge < -0.3 is 33.8 Å². The molecule has 0 aromatic carbocycles. The number of esters is 4. The van der Waals surface area contributed by atoms with Crippen molar-refractivity contribution in [3.8, 4) is 0 Å². The number of hydrogen-bond donors (Lipinski definition) is 3. The Labute approximate surface area is 607 Å². The lowest BCUT2D eigenvalue weighted by atomic mass is 10.0. The molecule has 0 amide bonds. The number of unbranched alkanes of at least 4 members (excludes halogenated alkanes) is 49. The number of aliphatic hydroxyl groups is 1. The summed E-state index contributed by atoms with van der Waals surface area (Å²) in [5.74, 6) is -0.539. The van der Waals surface area contributed by atoms with Crippen molar-refractivity contribution in [3.63, 3.8) is 0 Å². The Morgan fingerprint density at radius 3 is 0.687 bits per heavy atom. The molecule has 0 rings (SSSR count). The fraction of sp³-hybridized carbons (Fsp3) is 0.950. The van der Waals surface area contributed by atoms with Crippen molar-refractivity contribution in [1.82, 2.24) is 0 Å². The average molecular weight is 1450 g/mol. The summed E-state index contributed by atoms with van der Waals surface area (Å²) in [5.41, 5.74) is 0. The van der Waals surface area contributed by atoms with Gasteiger partial charge in [0.25, 0.3) is 0 Å². The highest BCUT2D eigenvalue weighted by Gasteiger charge is 2.30. The summed E-state index contributed by atoms with van der Waals surface area (Å²) < 4.78 is 68.4. The zero-order chi connectivity index (χ0) is 72.8. The van der Waals surface area contributed by atoms with Gasteiger partial charge in [0.2, 0.25) is 0 Å². The largest absolute Gasteiger partial charge is 0.472 e. The molecule has 19 heteroatoms. The van der Waals surface area contributed by atoms with E-state index in [1.54, 1.807) is 0 Å². The van der Waals surface area contributed by atoms with Gasteiger partial charge in [-0.3, -0.25) is 37.3 Å². The van der Waals surface area contributed by atoms with E-state index in [0.717, 1.165) is 108 Å². The standard InChI is InChI=1S/C80H156O17P2/c1-7-9-11-13-14-15-16-17-18-19-20-21-22-23-26-30-36-41-46-52-58-65-80(85)97-76(69-91-78(83)63-57-51-45-40-35-29-27-24-25-28-33-38-43-49-54-60-72(3)4)71-95-99(88,89)93-67-74(81)66-92-98(86,87)94-70-75(68-90-77(82)62-56-48-12-10-8-2)96-79(84)64-59-53-47-42-37-32-31-34-39-44-50-55-61-73(5)6/h72-76,81H,7-71H2,1-6H3,(H,86,87)(H,88,89)/t74-,75+,76+/m0/s1. The maximum absolute atomic E-state index is 13.1.